The number of nitrogens with zero attached hydrogens (tertiary/aromatic N) is 1. The lowest BCUT2D eigenvalue weighted by atomic mass is 10.1. The van der Waals surface area contributed by atoms with Gasteiger partial charge in [-0.25, -0.2) is 0 Å². The van der Waals surface area contributed by atoms with Crippen molar-refractivity contribution in [1.29, 1.82) is 0 Å². The number of halogens is 1. The molecule has 5 heteroatoms. The van der Waals surface area contributed by atoms with E-state index in [1.807, 2.05) is 24.3 Å². The fraction of sp³-hybridized carbons (Fsp3) is 0.278. The second kappa shape index (κ2) is 7.99. The Bertz CT molecular complexity index is 686. The molecule has 0 saturated carbocycles. The normalized spacial score (nSPS) is 12.7. The summed E-state index contributed by atoms with van der Waals surface area (Å²) in [7, 11) is 5.75. The number of methoxy groups -OCH3 is 1. The molecule has 2 aromatic carbocycles. The lowest BCUT2D eigenvalue weighted by molar-refractivity contribution is -0.890. The van der Waals surface area contributed by atoms with Crippen LogP contribution in [0.2, 0.25) is 5.02 Å². The first-order valence-corrected chi connectivity index (χ1v) is 7.82. The molecule has 1 atom stereocenters. The number of ether oxygens (including phenoxy) is 1. The van der Waals surface area contributed by atoms with Crippen molar-refractivity contribution in [3.63, 3.8) is 0 Å². The number of quaternary nitrogens is 1. The summed E-state index contributed by atoms with van der Waals surface area (Å²) in [5, 5.41) is 10.6. The molecule has 2 aromatic rings. The number of likely N-dealkylation sites (N-methyl/N-ethyl adjacent to an activating group) is 1. The van der Waals surface area contributed by atoms with Crippen LogP contribution in [0, 0.1) is 0 Å². The van der Waals surface area contributed by atoms with Crippen molar-refractivity contribution in [2.75, 3.05) is 27.7 Å². The lowest BCUT2D eigenvalue weighted by Gasteiger charge is -2.21. The van der Waals surface area contributed by atoms with Gasteiger partial charge in [0, 0.05) is 22.4 Å². The summed E-state index contributed by atoms with van der Waals surface area (Å²) in [6.45, 7) is 0.572. The summed E-state index contributed by atoms with van der Waals surface area (Å²) in [6, 6.07) is 13.0. The van der Waals surface area contributed by atoms with E-state index in [0.717, 1.165) is 10.6 Å². The number of benzene rings is 2. The molecular formula is C18H22ClN2O2+. The van der Waals surface area contributed by atoms with Crippen molar-refractivity contribution in [1.82, 2.24) is 0 Å². The van der Waals surface area contributed by atoms with Gasteiger partial charge in [0.1, 0.15) is 17.5 Å². The first-order chi connectivity index (χ1) is 11.0. The van der Waals surface area contributed by atoms with Gasteiger partial charge in [-0.2, -0.15) is 0 Å². The third-order valence-electron chi connectivity index (χ3n) is 3.73. The molecule has 4 nitrogen and oxygen atoms in total. The van der Waals surface area contributed by atoms with Crippen LogP contribution < -0.4 is 9.64 Å². The standard InChI is InChI=1S/C18H21ClN2O2/c1-21(2)17(15-6-4-5-7-16(15)19)12-20-11-13-10-14(23-3)8-9-18(13)22/h4-11,17,22H,12H2,1-3H3/p+1/t17-/m1/s1. The quantitative estimate of drug-likeness (QED) is 0.797. The highest BCUT2D eigenvalue weighted by molar-refractivity contribution is 6.31. The van der Waals surface area contributed by atoms with Crippen LogP contribution in [0.25, 0.3) is 0 Å². The van der Waals surface area contributed by atoms with Crippen LogP contribution >= 0.6 is 11.6 Å². The summed E-state index contributed by atoms with van der Waals surface area (Å²) in [5.74, 6) is 0.867. The zero-order valence-corrected chi connectivity index (χ0v) is 14.3. The Kier molecular flexibility index (Phi) is 6.02. The van der Waals surface area contributed by atoms with Crippen molar-refractivity contribution < 1.29 is 14.7 Å². The fourth-order valence-corrected chi connectivity index (χ4v) is 2.64. The van der Waals surface area contributed by atoms with Crippen LogP contribution in [0.5, 0.6) is 11.5 Å². The Balaban J connectivity index is 2.18. The van der Waals surface area contributed by atoms with Gasteiger partial charge in [-0.1, -0.05) is 29.8 Å². The van der Waals surface area contributed by atoms with Gasteiger partial charge in [-0.15, -0.1) is 0 Å². The maximum absolute atomic E-state index is 9.89. The van der Waals surface area contributed by atoms with Crippen LogP contribution in [-0.2, 0) is 0 Å². The molecule has 0 aliphatic heterocycles. The van der Waals surface area contributed by atoms with Crippen molar-refractivity contribution in [2.24, 2.45) is 4.99 Å². The third-order valence-corrected chi connectivity index (χ3v) is 4.07. The summed E-state index contributed by atoms with van der Waals surface area (Å²) in [4.78, 5) is 5.74. The minimum Gasteiger partial charge on any atom is -0.507 e. The average molecular weight is 334 g/mol. The number of hydrogen-bond donors (Lipinski definition) is 2. The molecule has 0 spiro atoms. The van der Waals surface area contributed by atoms with E-state index in [4.69, 9.17) is 16.3 Å². The molecule has 0 amide bonds. The Hall–Kier alpha value is -2.04. The Morgan fingerprint density at radius 2 is 2.00 bits per heavy atom. The van der Waals surface area contributed by atoms with E-state index in [2.05, 4.69) is 19.1 Å². The van der Waals surface area contributed by atoms with Crippen molar-refractivity contribution in [2.45, 2.75) is 6.04 Å². The lowest BCUT2D eigenvalue weighted by Crippen LogP contribution is -3.06. The molecule has 0 aliphatic rings. The molecule has 0 aromatic heterocycles. The Morgan fingerprint density at radius 3 is 2.65 bits per heavy atom. The SMILES string of the molecule is COc1ccc(O)c(C=NC[C@H](c2ccccc2Cl)[NH+](C)C)c1. The molecule has 2 rings (SSSR count). The predicted molar refractivity (Wildman–Crippen MR) is 94.1 cm³/mol. The molecule has 0 radical (unpaired) electrons. The molecule has 2 N–H and O–H groups in total. The number of phenols is 1. The highest BCUT2D eigenvalue weighted by atomic mass is 35.5. The molecule has 0 heterocycles. The minimum absolute atomic E-state index is 0.146. The largest absolute Gasteiger partial charge is 0.507 e. The van der Waals surface area contributed by atoms with Gasteiger partial charge < -0.3 is 14.7 Å². The monoisotopic (exact) mass is 333 g/mol. The van der Waals surface area contributed by atoms with Crippen molar-refractivity contribution in [3.05, 3.63) is 58.6 Å². The predicted octanol–water partition coefficient (Wildman–Crippen LogP) is 2.36. The highest BCUT2D eigenvalue weighted by Gasteiger charge is 2.19. The van der Waals surface area contributed by atoms with Gasteiger partial charge in [0.2, 0.25) is 0 Å². The second-order valence-corrected chi connectivity index (χ2v) is 5.98. The Labute approximate surface area is 142 Å². The number of hydrogen-bond acceptors (Lipinski definition) is 3. The zero-order valence-electron chi connectivity index (χ0n) is 13.6. The number of phenolic OH excluding ortho intramolecular Hbond substituents is 1. The van der Waals surface area contributed by atoms with Crippen LogP contribution in [0.15, 0.2) is 47.5 Å². The summed E-state index contributed by atoms with van der Waals surface area (Å²) < 4.78 is 5.17. The van der Waals surface area contributed by atoms with E-state index >= 15 is 0 Å². The minimum atomic E-state index is 0.146. The zero-order chi connectivity index (χ0) is 16.8. The molecule has 0 saturated heterocycles. The Morgan fingerprint density at radius 1 is 1.26 bits per heavy atom. The van der Waals surface area contributed by atoms with Crippen LogP contribution in [-0.4, -0.2) is 39.1 Å². The summed E-state index contributed by atoms with van der Waals surface area (Å²) in [6.07, 6.45) is 1.67. The van der Waals surface area contributed by atoms with Gasteiger partial charge in [-0.05, 0) is 24.3 Å². The first kappa shape index (κ1) is 17.3. The van der Waals surface area contributed by atoms with E-state index in [1.165, 1.54) is 4.90 Å². The first-order valence-electron chi connectivity index (χ1n) is 7.44. The summed E-state index contributed by atoms with van der Waals surface area (Å²) >= 11 is 6.30. The number of aromatic hydroxyl groups is 1. The molecule has 0 bridgehead atoms. The van der Waals surface area contributed by atoms with Crippen molar-refractivity contribution in [3.8, 4) is 11.5 Å². The van der Waals surface area contributed by atoms with Crippen LogP contribution in [0.4, 0.5) is 0 Å². The van der Waals surface area contributed by atoms with E-state index < -0.39 is 0 Å². The molecular weight excluding hydrogens is 312 g/mol. The number of aliphatic imine (C=N–C) groups is 1. The number of nitrogens with one attached hydrogen (secondary N) is 1. The van der Waals surface area contributed by atoms with Crippen LogP contribution in [0.3, 0.4) is 0 Å². The van der Waals surface area contributed by atoms with Gasteiger partial charge >= 0.3 is 0 Å². The molecule has 122 valence electrons. The number of rotatable bonds is 6. The van der Waals surface area contributed by atoms with Gasteiger partial charge in [-0.3, -0.25) is 4.99 Å². The second-order valence-electron chi connectivity index (χ2n) is 5.57. The van der Waals surface area contributed by atoms with Gasteiger partial charge in [0.15, 0.2) is 0 Å². The van der Waals surface area contributed by atoms with E-state index in [1.54, 1.807) is 31.5 Å². The smallest absolute Gasteiger partial charge is 0.134 e. The summed E-state index contributed by atoms with van der Waals surface area (Å²) in [5.41, 5.74) is 1.71. The molecule has 0 fully saturated rings. The fourth-order valence-electron chi connectivity index (χ4n) is 2.37. The maximum atomic E-state index is 9.89. The maximum Gasteiger partial charge on any atom is 0.134 e. The molecule has 23 heavy (non-hydrogen) atoms. The van der Waals surface area contributed by atoms with E-state index in [9.17, 15) is 5.11 Å². The van der Waals surface area contributed by atoms with E-state index in [-0.39, 0.29) is 11.8 Å². The molecule has 0 aliphatic carbocycles. The third kappa shape index (κ3) is 4.47. The van der Waals surface area contributed by atoms with E-state index in [0.29, 0.717) is 17.9 Å². The average Bonchev–Trinajstić information content (AvgIpc) is 2.54. The van der Waals surface area contributed by atoms with Crippen LogP contribution in [0.1, 0.15) is 17.2 Å². The topological polar surface area (TPSA) is 46.3 Å². The highest BCUT2D eigenvalue weighted by Crippen LogP contribution is 2.23. The van der Waals surface area contributed by atoms with Gasteiger partial charge in [0.25, 0.3) is 0 Å². The molecule has 0 unspecified atom stereocenters. The van der Waals surface area contributed by atoms with Crippen molar-refractivity contribution >= 4 is 17.8 Å². The van der Waals surface area contributed by atoms with Gasteiger partial charge in [0.05, 0.1) is 27.7 Å².